The molecule has 0 bridgehead atoms. The number of aromatic nitrogens is 4. The Morgan fingerprint density at radius 1 is 1.00 bits per heavy atom. The molecule has 178 valence electrons. The minimum atomic E-state index is -3.54. The van der Waals surface area contributed by atoms with Crippen LogP contribution in [-0.4, -0.2) is 46.0 Å². The fraction of sp³-hybridized carbons (Fsp3) is 0.125. The van der Waals surface area contributed by atoms with Crippen molar-refractivity contribution < 1.29 is 17.9 Å². The van der Waals surface area contributed by atoms with Crippen molar-refractivity contribution in [2.75, 3.05) is 18.4 Å². The Morgan fingerprint density at radius 3 is 2.69 bits per heavy atom. The lowest BCUT2D eigenvalue weighted by Gasteiger charge is -2.09. The van der Waals surface area contributed by atoms with Gasteiger partial charge in [0.05, 0.1) is 10.6 Å². The first-order chi connectivity index (χ1) is 17.0. The molecule has 0 aliphatic rings. The van der Waals surface area contributed by atoms with Crippen LogP contribution in [0.25, 0.3) is 28.5 Å². The zero-order valence-electron chi connectivity index (χ0n) is 18.5. The van der Waals surface area contributed by atoms with E-state index in [1.807, 2.05) is 6.07 Å². The van der Waals surface area contributed by atoms with Crippen LogP contribution in [0.5, 0.6) is 5.75 Å². The van der Waals surface area contributed by atoms with Gasteiger partial charge in [0.1, 0.15) is 23.4 Å². The summed E-state index contributed by atoms with van der Waals surface area (Å²) in [6.45, 7) is 0.734. The second-order valence-corrected chi connectivity index (χ2v) is 9.44. The van der Waals surface area contributed by atoms with Crippen molar-refractivity contribution in [1.29, 1.82) is 0 Å². The second kappa shape index (κ2) is 9.57. The van der Waals surface area contributed by atoms with Crippen molar-refractivity contribution in [1.82, 2.24) is 24.1 Å². The Bertz CT molecular complexity index is 1560. The normalized spacial score (nSPS) is 11.7. The molecule has 5 aromatic rings. The monoisotopic (exact) mass is 490 g/mol. The number of phenolic OH excluding ortho intramolecular Hbond substituents is 1. The van der Waals surface area contributed by atoms with Gasteiger partial charge in [-0.3, -0.25) is 4.40 Å². The van der Waals surface area contributed by atoms with Crippen LogP contribution >= 0.6 is 0 Å². The molecule has 0 radical (unpaired) electrons. The van der Waals surface area contributed by atoms with Crippen molar-refractivity contribution >= 4 is 21.8 Å². The maximum absolute atomic E-state index is 12.3. The number of hydrogen-bond donors (Lipinski definition) is 3. The highest BCUT2D eigenvalue weighted by molar-refractivity contribution is 7.89. The second-order valence-electron chi connectivity index (χ2n) is 7.67. The molecule has 0 fully saturated rings. The number of phenols is 1. The molecule has 3 aromatic heterocycles. The lowest BCUT2D eigenvalue weighted by molar-refractivity contribution is 0.475. The first-order valence-corrected chi connectivity index (χ1v) is 12.4. The minimum absolute atomic E-state index is 0.131. The van der Waals surface area contributed by atoms with E-state index in [1.54, 1.807) is 71.4 Å². The lowest BCUT2D eigenvalue weighted by atomic mass is 10.1. The summed E-state index contributed by atoms with van der Waals surface area (Å²) in [5, 5.41) is 13.1. The smallest absolute Gasteiger partial charge is 0.306 e. The van der Waals surface area contributed by atoms with Gasteiger partial charge in [-0.1, -0.05) is 30.3 Å². The molecule has 3 heterocycles. The van der Waals surface area contributed by atoms with Crippen LogP contribution in [0.2, 0.25) is 0 Å². The van der Waals surface area contributed by atoms with Crippen molar-refractivity contribution in [2.45, 2.75) is 11.3 Å². The van der Waals surface area contributed by atoms with Crippen molar-refractivity contribution in [2.24, 2.45) is 0 Å². The highest BCUT2D eigenvalue weighted by Gasteiger charge is 2.19. The average molecular weight is 491 g/mol. The zero-order valence-corrected chi connectivity index (χ0v) is 19.3. The molecule has 2 aromatic carbocycles. The number of imidazole rings is 1. The van der Waals surface area contributed by atoms with E-state index >= 15 is 0 Å². The molecule has 0 amide bonds. The fourth-order valence-electron chi connectivity index (χ4n) is 3.64. The molecule has 5 rings (SSSR count). The first kappa shape index (κ1) is 22.6. The minimum Gasteiger partial charge on any atom is -0.508 e. The molecule has 0 saturated heterocycles. The van der Waals surface area contributed by atoms with Gasteiger partial charge in [0.2, 0.25) is 16.0 Å². The van der Waals surface area contributed by atoms with Gasteiger partial charge >= 0.3 is 5.84 Å². The van der Waals surface area contributed by atoms with Gasteiger partial charge in [-0.2, -0.15) is 4.98 Å². The largest absolute Gasteiger partial charge is 0.508 e. The standard InChI is InChI=1S/C24H22N6O4S/c31-18-7-4-6-17(16-18)21-22(30-14-15-34-24(30)29-21)20-10-13-26-23(28-20)25-11-5-12-27-35(32,33)19-8-2-1-3-9-19/h1-4,6-10,13-16,27,31H,5,11-12H2,(H,25,26,28). The number of hydrogen-bond acceptors (Lipinski definition) is 8. The van der Waals surface area contributed by atoms with E-state index in [9.17, 15) is 13.5 Å². The summed E-state index contributed by atoms with van der Waals surface area (Å²) >= 11 is 0. The molecule has 10 nitrogen and oxygen atoms in total. The van der Waals surface area contributed by atoms with E-state index in [0.717, 1.165) is 5.56 Å². The quantitative estimate of drug-likeness (QED) is 0.267. The summed E-state index contributed by atoms with van der Waals surface area (Å²) in [7, 11) is -3.54. The number of rotatable bonds is 9. The van der Waals surface area contributed by atoms with Gasteiger partial charge in [-0.15, -0.1) is 0 Å². The van der Waals surface area contributed by atoms with Crippen molar-refractivity contribution in [3.8, 4) is 28.4 Å². The van der Waals surface area contributed by atoms with Crippen molar-refractivity contribution in [3.05, 3.63) is 79.3 Å². The molecule has 0 unspecified atom stereocenters. The third-order valence-corrected chi connectivity index (χ3v) is 6.74. The Morgan fingerprint density at radius 2 is 1.86 bits per heavy atom. The predicted octanol–water partition coefficient (Wildman–Crippen LogP) is 3.54. The highest BCUT2D eigenvalue weighted by Crippen LogP contribution is 2.33. The molecule has 0 atom stereocenters. The Kier molecular flexibility index (Phi) is 6.17. The number of anilines is 1. The predicted molar refractivity (Wildman–Crippen MR) is 130 cm³/mol. The van der Waals surface area contributed by atoms with Gasteiger partial charge in [-0.25, -0.2) is 23.1 Å². The number of sulfonamides is 1. The molecule has 0 aliphatic carbocycles. The Balaban J connectivity index is 1.30. The van der Waals surface area contributed by atoms with Crippen LogP contribution in [-0.2, 0) is 10.0 Å². The molecular weight excluding hydrogens is 468 g/mol. The van der Waals surface area contributed by atoms with E-state index in [1.165, 1.54) is 6.26 Å². The number of aromatic hydroxyl groups is 1. The lowest BCUT2D eigenvalue weighted by Crippen LogP contribution is -2.26. The van der Waals surface area contributed by atoms with Gasteiger partial charge in [0, 0.05) is 31.0 Å². The molecule has 0 saturated carbocycles. The topological polar surface area (TPSA) is 135 Å². The van der Waals surface area contributed by atoms with Crippen LogP contribution in [0.15, 0.2) is 88.6 Å². The van der Waals surface area contributed by atoms with E-state index in [0.29, 0.717) is 41.8 Å². The van der Waals surface area contributed by atoms with E-state index in [2.05, 4.69) is 25.0 Å². The van der Waals surface area contributed by atoms with Crippen LogP contribution in [0.3, 0.4) is 0 Å². The van der Waals surface area contributed by atoms with Gasteiger partial charge < -0.3 is 14.8 Å². The Hall–Kier alpha value is -4.22. The maximum Gasteiger partial charge on any atom is 0.306 e. The zero-order chi connectivity index (χ0) is 24.3. The van der Waals surface area contributed by atoms with E-state index < -0.39 is 10.0 Å². The first-order valence-electron chi connectivity index (χ1n) is 10.9. The number of oxazole rings is 1. The van der Waals surface area contributed by atoms with Crippen molar-refractivity contribution in [3.63, 3.8) is 0 Å². The number of nitrogens with one attached hydrogen (secondary N) is 2. The molecule has 0 aliphatic heterocycles. The maximum atomic E-state index is 12.3. The third kappa shape index (κ3) is 4.86. The molecule has 11 heteroatoms. The number of nitrogens with zero attached hydrogens (tertiary/aromatic N) is 4. The summed E-state index contributed by atoms with van der Waals surface area (Å²) < 4.78 is 34.5. The van der Waals surface area contributed by atoms with E-state index in [-0.39, 0.29) is 17.2 Å². The molecule has 3 N–H and O–H groups in total. The molecule has 0 spiro atoms. The van der Waals surface area contributed by atoms with Crippen LogP contribution < -0.4 is 10.0 Å². The van der Waals surface area contributed by atoms with Gasteiger partial charge in [0.15, 0.2) is 0 Å². The SMILES string of the molecule is O=S(=O)(NCCCNc1nccc(-c2c(-c3cccc(O)c3)nc3occn23)n1)c1ccccc1. The number of fused-ring (bicyclic) bond motifs is 1. The average Bonchev–Trinajstić information content (AvgIpc) is 3.46. The number of benzene rings is 2. The van der Waals surface area contributed by atoms with E-state index in [4.69, 9.17) is 4.42 Å². The summed E-state index contributed by atoms with van der Waals surface area (Å²) in [4.78, 5) is 13.7. The highest BCUT2D eigenvalue weighted by atomic mass is 32.2. The summed E-state index contributed by atoms with van der Waals surface area (Å²) in [6.07, 6.45) is 5.45. The van der Waals surface area contributed by atoms with Crippen LogP contribution in [0, 0.1) is 0 Å². The molecular formula is C24H22N6O4S. The summed E-state index contributed by atoms with van der Waals surface area (Å²) in [5.41, 5.74) is 2.64. The summed E-state index contributed by atoms with van der Waals surface area (Å²) in [5.74, 6) is 0.928. The summed E-state index contributed by atoms with van der Waals surface area (Å²) in [6, 6.07) is 16.8. The third-order valence-electron chi connectivity index (χ3n) is 5.26. The van der Waals surface area contributed by atoms with Gasteiger partial charge in [0.25, 0.3) is 0 Å². The fourth-order valence-corrected chi connectivity index (χ4v) is 4.73. The Labute approximate surface area is 201 Å². The van der Waals surface area contributed by atoms with Crippen LogP contribution in [0.1, 0.15) is 6.42 Å². The van der Waals surface area contributed by atoms with Gasteiger partial charge in [-0.05, 0) is 36.8 Å². The van der Waals surface area contributed by atoms with Crippen LogP contribution in [0.4, 0.5) is 5.95 Å². The molecule has 35 heavy (non-hydrogen) atoms.